The SMILES string of the molecule is CCCCCCCCCCCCCCCCCCCCC(=O)O[C@H](COC(=O)CCCCCCCCCCCCCC(C)C)COP(=O)(O)OC[C@@H](O)COP(=O)(O)OC[C@@H](COC(=O)CCCCCCCCCCC)OC(=O)CCCCCCCCCCCC(C)C. The van der Waals surface area contributed by atoms with Gasteiger partial charge >= 0.3 is 39.5 Å². The monoisotopic (exact) mass is 1370 g/mol. The third-order valence-electron chi connectivity index (χ3n) is 17.2. The summed E-state index contributed by atoms with van der Waals surface area (Å²) in [5.41, 5.74) is 0. The fourth-order valence-corrected chi connectivity index (χ4v) is 12.9. The fraction of sp³-hybridized carbons (Fsp3) is 0.946. The van der Waals surface area contributed by atoms with E-state index in [9.17, 15) is 43.2 Å². The minimum Gasteiger partial charge on any atom is -0.462 e. The summed E-state index contributed by atoms with van der Waals surface area (Å²) in [6, 6.07) is 0. The number of aliphatic hydroxyl groups excluding tert-OH is 1. The summed E-state index contributed by atoms with van der Waals surface area (Å²) in [5, 5.41) is 10.6. The lowest BCUT2D eigenvalue weighted by atomic mass is 10.0. The first-order valence-electron chi connectivity index (χ1n) is 38.5. The number of unbranched alkanes of at least 4 members (excludes halogenated alkanes) is 43. The van der Waals surface area contributed by atoms with E-state index >= 15 is 0 Å². The second-order valence-corrected chi connectivity index (χ2v) is 30.5. The van der Waals surface area contributed by atoms with Crippen LogP contribution in [0.5, 0.6) is 0 Å². The summed E-state index contributed by atoms with van der Waals surface area (Å²) in [7, 11) is -9.91. The van der Waals surface area contributed by atoms with Gasteiger partial charge in [-0.2, -0.15) is 0 Å². The molecule has 93 heavy (non-hydrogen) atoms. The number of phosphoric acid groups is 2. The number of carbonyl (C=O) groups is 4. The number of aliphatic hydroxyl groups is 1. The van der Waals surface area contributed by atoms with E-state index in [4.69, 9.17) is 37.0 Å². The van der Waals surface area contributed by atoms with Gasteiger partial charge in [0.2, 0.25) is 0 Å². The number of hydrogen-bond donors (Lipinski definition) is 3. The van der Waals surface area contributed by atoms with Gasteiger partial charge < -0.3 is 33.8 Å². The Morgan fingerprint density at radius 3 is 0.731 bits per heavy atom. The van der Waals surface area contributed by atoms with Gasteiger partial charge in [-0.05, 0) is 37.5 Å². The summed E-state index contributed by atoms with van der Waals surface area (Å²) in [4.78, 5) is 72.7. The topological polar surface area (TPSA) is 237 Å². The Morgan fingerprint density at radius 2 is 0.495 bits per heavy atom. The van der Waals surface area contributed by atoms with E-state index in [1.165, 1.54) is 199 Å². The second kappa shape index (κ2) is 66.0. The lowest BCUT2D eigenvalue weighted by molar-refractivity contribution is -0.161. The molecule has 0 amide bonds. The van der Waals surface area contributed by atoms with Gasteiger partial charge in [0.05, 0.1) is 26.4 Å². The molecule has 0 fully saturated rings. The molecule has 19 heteroatoms. The van der Waals surface area contributed by atoms with Crippen molar-refractivity contribution < 1.29 is 80.2 Å². The molecule has 0 aromatic rings. The van der Waals surface area contributed by atoms with E-state index in [1.807, 2.05) is 0 Å². The molecular weight excluding hydrogens is 1220 g/mol. The highest BCUT2D eigenvalue weighted by Gasteiger charge is 2.30. The van der Waals surface area contributed by atoms with E-state index in [2.05, 4.69) is 41.5 Å². The first kappa shape index (κ1) is 91.1. The van der Waals surface area contributed by atoms with Crippen LogP contribution in [0.1, 0.15) is 382 Å². The van der Waals surface area contributed by atoms with Gasteiger partial charge in [0.1, 0.15) is 19.3 Å². The van der Waals surface area contributed by atoms with Crippen molar-refractivity contribution in [1.82, 2.24) is 0 Å². The van der Waals surface area contributed by atoms with E-state index in [-0.39, 0.29) is 25.7 Å². The molecule has 3 N–H and O–H groups in total. The summed E-state index contributed by atoms with van der Waals surface area (Å²) >= 11 is 0. The molecule has 0 aliphatic rings. The molecule has 0 aromatic heterocycles. The smallest absolute Gasteiger partial charge is 0.462 e. The zero-order chi connectivity index (χ0) is 68.6. The molecule has 0 aliphatic carbocycles. The molecule has 0 aliphatic heterocycles. The van der Waals surface area contributed by atoms with Crippen LogP contribution in [0.2, 0.25) is 0 Å². The highest BCUT2D eigenvalue weighted by atomic mass is 31.2. The quantitative estimate of drug-likeness (QED) is 0.0222. The number of rotatable bonds is 73. The van der Waals surface area contributed by atoms with Crippen LogP contribution in [0.4, 0.5) is 0 Å². The third-order valence-corrected chi connectivity index (χ3v) is 19.1. The Kier molecular flexibility index (Phi) is 64.6. The molecule has 0 bridgehead atoms. The van der Waals surface area contributed by atoms with Crippen LogP contribution in [-0.2, 0) is 65.4 Å². The van der Waals surface area contributed by atoms with Gasteiger partial charge in [-0.3, -0.25) is 37.3 Å². The summed E-state index contributed by atoms with van der Waals surface area (Å²) in [6.07, 6.45) is 52.7. The molecule has 0 heterocycles. The van der Waals surface area contributed by atoms with Crippen molar-refractivity contribution in [2.75, 3.05) is 39.6 Å². The molecule has 0 saturated carbocycles. The highest BCUT2D eigenvalue weighted by Crippen LogP contribution is 2.45. The molecular formula is C74H144O17P2. The molecule has 2 unspecified atom stereocenters. The Labute approximate surface area is 568 Å². The van der Waals surface area contributed by atoms with Crippen molar-refractivity contribution in [3.8, 4) is 0 Å². The lowest BCUT2D eigenvalue weighted by Gasteiger charge is -2.21. The van der Waals surface area contributed by atoms with E-state index in [1.54, 1.807) is 0 Å². The van der Waals surface area contributed by atoms with Crippen LogP contribution in [0.3, 0.4) is 0 Å². The second-order valence-electron chi connectivity index (χ2n) is 27.6. The zero-order valence-corrected chi connectivity index (χ0v) is 62.3. The number of ether oxygens (including phenoxy) is 4. The van der Waals surface area contributed by atoms with Crippen molar-refractivity contribution in [2.24, 2.45) is 11.8 Å². The molecule has 5 atom stereocenters. The van der Waals surface area contributed by atoms with Crippen molar-refractivity contribution in [3.63, 3.8) is 0 Å². The zero-order valence-electron chi connectivity index (χ0n) is 60.6. The van der Waals surface area contributed by atoms with Crippen LogP contribution >= 0.6 is 15.6 Å². The molecule has 17 nitrogen and oxygen atoms in total. The Bertz CT molecular complexity index is 1800. The maximum absolute atomic E-state index is 13.1. The molecule has 552 valence electrons. The van der Waals surface area contributed by atoms with Gasteiger partial charge in [-0.15, -0.1) is 0 Å². The number of carbonyl (C=O) groups excluding carboxylic acids is 4. The summed E-state index contributed by atoms with van der Waals surface area (Å²) in [5.74, 6) is -0.612. The fourth-order valence-electron chi connectivity index (χ4n) is 11.3. The van der Waals surface area contributed by atoms with Gasteiger partial charge in [0.15, 0.2) is 12.2 Å². The minimum absolute atomic E-state index is 0.105. The maximum atomic E-state index is 13.1. The van der Waals surface area contributed by atoms with Crippen LogP contribution in [0, 0.1) is 11.8 Å². The highest BCUT2D eigenvalue weighted by molar-refractivity contribution is 7.47. The molecule has 0 saturated heterocycles. The Balaban J connectivity index is 5.23. The van der Waals surface area contributed by atoms with E-state index in [0.29, 0.717) is 25.7 Å². The van der Waals surface area contributed by atoms with E-state index < -0.39 is 97.5 Å². The van der Waals surface area contributed by atoms with Crippen LogP contribution in [0.15, 0.2) is 0 Å². The number of hydrogen-bond acceptors (Lipinski definition) is 15. The lowest BCUT2D eigenvalue weighted by Crippen LogP contribution is -2.30. The van der Waals surface area contributed by atoms with Gasteiger partial charge in [0, 0.05) is 25.7 Å². The van der Waals surface area contributed by atoms with Gasteiger partial charge in [-0.25, -0.2) is 9.13 Å². The maximum Gasteiger partial charge on any atom is 0.472 e. The largest absolute Gasteiger partial charge is 0.472 e. The first-order valence-corrected chi connectivity index (χ1v) is 41.5. The predicted octanol–water partition coefficient (Wildman–Crippen LogP) is 21.6. The molecule has 0 rings (SSSR count). The normalized spacial score (nSPS) is 14.1. The summed E-state index contributed by atoms with van der Waals surface area (Å²) in [6.45, 7) is 9.55. The van der Waals surface area contributed by atoms with Gasteiger partial charge in [-0.1, -0.05) is 330 Å². The van der Waals surface area contributed by atoms with Crippen molar-refractivity contribution in [3.05, 3.63) is 0 Å². The molecule has 0 spiro atoms. The third kappa shape index (κ3) is 68.4. The molecule has 0 radical (unpaired) electrons. The average Bonchev–Trinajstić information content (AvgIpc) is 2.06. The first-order chi connectivity index (χ1) is 44.9. The average molecular weight is 1370 g/mol. The van der Waals surface area contributed by atoms with Crippen molar-refractivity contribution in [2.45, 2.75) is 400 Å². The Morgan fingerprint density at radius 1 is 0.290 bits per heavy atom. The molecule has 0 aromatic carbocycles. The van der Waals surface area contributed by atoms with Crippen molar-refractivity contribution >= 4 is 39.5 Å². The number of esters is 4. The van der Waals surface area contributed by atoms with Gasteiger partial charge in [0.25, 0.3) is 0 Å². The Hall–Kier alpha value is -1.94. The number of phosphoric ester groups is 2. The van der Waals surface area contributed by atoms with E-state index in [0.717, 1.165) is 102 Å². The van der Waals surface area contributed by atoms with Crippen molar-refractivity contribution in [1.29, 1.82) is 0 Å². The summed E-state index contributed by atoms with van der Waals surface area (Å²) < 4.78 is 68.4. The minimum atomic E-state index is -4.96. The van der Waals surface area contributed by atoms with Crippen LogP contribution in [-0.4, -0.2) is 96.7 Å². The predicted molar refractivity (Wildman–Crippen MR) is 377 cm³/mol. The van der Waals surface area contributed by atoms with Crippen LogP contribution < -0.4 is 0 Å². The van der Waals surface area contributed by atoms with Crippen LogP contribution in [0.25, 0.3) is 0 Å². The standard InChI is InChI=1S/C74H144O17P2/c1-7-9-11-13-15-17-18-19-20-21-22-23-24-27-34-40-46-52-58-73(78)90-70(63-85-72(77)57-51-45-39-33-28-25-26-31-36-42-48-54-66(3)4)65-89-93(82,83)87-61-68(75)60-86-92(80,81)88-64-69(62-84-71(76)56-50-44-38-30-16-14-12-10-8-2)91-74(79)59-53-47-41-35-29-32-37-43-49-55-67(5)6/h66-70,75H,7-65H2,1-6H3,(H,80,81)(H,82,83)/t68-,69+,70+/m0/s1.